The van der Waals surface area contributed by atoms with Gasteiger partial charge in [-0.25, -0.2) is 4.68 Å². The first kappa shape index (κ1) is 18.7. The molecular weight excluding hydrogens is 350 g/mol. The van der Waals surface area contributed by atoms with Crippen LogP contribution in [0.25, 0.3) is 0 Å². The molecule has 0 fully saturated rings. The monoisotopic (exact) mass is 373 g/mol. The molecule has 1 aromatic carbocycles. The molecule has 1 aliphatic heterocycles. The Hall–Kier alpha value is -3.10. The van der Waals surface area contributed by atoms with E-state index < -0.39 is 0 Å². The molecule has 2 amide bonds. The zero-order valence-electron chi connectivity index (χ0n) is 15.6. The summed E-state index contributed by atoms with van der Waals surface area (Å²) in [5.41, 5.74) is 0.843. The van der Waals surface area contributed by atoms with Crippen LogP contribution in [-0.2, 0) is 9.59 Å². The molecule has 0 saturated carbocycles. The topological polar surface area (TPSA) is 98.6 Å². The Bertz CT molecular complexity index is 831. The van der Waals surface area contributed by atoms with Gasteiger partial charge in [-0.1, -0.05) is 6.07 Å². The van der Waals surface area contributed by atoms with Gasteiger partial charge in [0, 0.05) is 13.1 Å². The highest BCUT2D eigenvalue weighted by atomic mass is 16.5. The molecule has 2 heterocycles. The number of likely N-dealkylation sites (N-methyl/N-ethyl adjacent to an activating group) is 1. The number of nitrogens with one attached hydrogen (secondary N) is 1. The average Bonchev–Trinajstić information content (AvgIpc) is 3.14. The molecular formula is C18H23N5O4. The highest BCUT2D eigenvalue weighted by Gasteiger charge is 2.28. The van der Waals surface area contributed by atoms with Crippen molar-refractivity contribution >= 4 is 17.8 Å². The fourth-order valence-electron chi connectivity index (χ4n) is 3.08. The Morgan fingerprint density at radius 1 is 1.33 bits per heavy atom. The van der Waals surface area contributed by atoms with E-state index in [0.717, 1.165) is 5.56 Å². The summed E-state index contributed by atoms with van der Waals surface area (Å²) in [5, 5.41) is 6.88. The lowest BCUT2D eigenvalue weighted by Crippen LogP contribution is -2.34. The SMILES string of the molecule is CCN(CC)C(=O)COc1ccc([C@@H]2CC(=O)Nc3ncnn32)cc1OC. The van der Waals surface area contributed by atoms with Crippen LogP contribution in [0.4, 0.5) is 5.95 Å². The highest BCUT2D eigenvalue weighted by Crippen LogP contribution is 2.34. The first-order valence-electron chi connectivity index (χ1n) is 8.85. The number of aromatic nitrogens is 3. The molecule has 0 bridgehead atoms. The third-order valence-electron chi connectivity index (χ3n) is 4.54. The Balaban J connectivity index is 1.79. The molecule has 1 aromatic heterocycles. The first-order chi connectivity index (χ1) is 13.1. The van der Waals surface area contributed by atoms with Crippen molar-refractivity contribution in [2.24, 2.45) is 0 Å². The van der Waals surface area contributed by atoms with Crippen LogP contribution in [0.2, 0.25) is 0 Å². The van der Waals surface area contributed by atoms with Crippen molar-refractivity contribution in [3.8, 4) is 11.5 Å². The summed E-state index contributed by atoms with van der Waals surface area (Å²) < 4.78 is 12.8. The van der Waals surface area contributed by atoms with Crippen molar-refractivity contribution in [2.75, 3.05) is 32.1 Å². The smallest absolute Gasteiger partial charge is 0.260 e. The molecule has 2 aromatic rings. The van der Waals surface area contributed by atoms with Crippen LogP contribution in [0.1, 0.15) is 31.9 Å². The minimum Gasteiger partial charge on any atom is -0.493 e. The molecule has 0 radical (unpaired) electrons. The predicted octanol–water partition coefficient (Wildman–Crippen LogP) is 1.47. The standard InChI is InChI=1S/C18H23N5O4/c1-4-22(5-2)17(25)10-27-14-7-6-12(8-15(14)26-3)13-9-16(24)21-18-19-11-20-23(13)18/h6-8,11,13H,4-5,9-10H2,1-3H3,(H,19,20,21,24)/t13-/m0/s1. The van der Waals surface area contributed by atoms with Gasteiger partial charge >= 0.3 is 0 Å². The van der Waals surface area contributed by atoms with E-state index in [1.165, 1.54) is 13.4 Å². The maximum Gasteiger partial charge on any atom is 0.260 e. The van der Waals surface area contributed by atoms with E-state index in [9.17, 15) is 9.59 Å². The second-order valence-corrected chi connectivity index (χ2v) is 6.06. The van der Waals surface area contributed by atoms with E-state index in [0.29, 0.717) is 30.5 Å². The number of carbonyl (C=O) groups is 2. The second-order valence-electron chi connectivity index (χ2n) is 6.06. The van der Waals surface area contributed by atoms with Crippen molar-refractivity contribution in [2.45, 2.75) is 26.3 Å². The van der Waals surface area contributed by atoms with Crippen LogP contribution in [0, 0.1) is 0 Å². The van der Waals surface area contributed by atoms with Crippen LogP contribution in [-0.4, -0.2) is 58.3 Å². The van der Waals surface area contributed by atoms with Gasteiger partial charge in [0.05, 0.1) is 19.6 Å². The summed E-state index contributed by atoms with van der Waals surface area (Å²) in [4.78, 5) is 29.8. The van der Waals surface area contributed by atoms with Gasteiger partial charge in [-0.3, -0.25) is 14.9 Å². The summed E-state index contributed by atoms with van der Waals surface area (Å²) in [5.74, 6) is 1.18. The van der Waals surface area contributed by atoms with E-state index in [-0.39, 0.29) is 30.9 Å². The lowest BCUT2D eigenvalue weighted by atomic mass is 10.0. The molecule has 144 valence electrons. The molecule has 1 N–H and O–H groups in total. The van der Waals surface area contributed by atoms with Crippen molar-refractivity contribution in [3.63, 3.8) is 0 Å². The van der Waals surface area contributed by atoms with E-state index in [4.69, 9.17) is 9.47 Å². The number of fused-ring (bicyclic) bond motifs is 1. The zero-order valence-corrected chi connectivity index (χ0v) is 15.6. The van der Waals surface area contributed by atoms with Gasteiger partial charge in [0.2, 0.25) is 11.9 Å². The number of methoxy groups -OCH3 is 1. The van der Waals surface area contributed by atoms with Crippen LogP contribution < -0.4 is 14.8 Å². The Kier molecular flexibility index (Phi) is 5.58. The summed E-state index contributed by atoms with van der Waals surface area (Å²) in [7, 11) is 1.53. The first-order valence-corrected chi connectivity index (χ1v) is 8.85. The largest absolute Gasteiger partial charge is 0.493 e. The van der Waals surface area contributed by atoms with Gasteiger partial charge in [-0.15, -0.1) is 0 Å². The average molecular weight is 373 g/mol. The fraction of sp³-hybridized carbons (Fsp3) is 0.444. The van der Waals surface area contributed by atoms with Crippen LogP contribution in [0.15, 0.2) is 24.5 Å². The van der Waals surface area contributed by atoms with E-state index >= 15 is 0 Å². The maximum atomic E-state index is 12.1. The maximum absolute atomic E-state index is 12.1. The molecule has 0 aliphatic carbocycles. The van der Waals surface area contributed by atoms with Crippen LogP contribution in [0.5, 0.6) is 11.5 Å². The summed E-state index contributed by atoms with van der Waals surface area (Å²) in [6.07, 6.45) is 1.65. The number of nitrogens with zero attached hydrogens (tertiary/aromatic N) is 4. The molecule has 0 spiro atoms. The minimum atomic E-state index is -0.281. The predicted molar refractivity (Wildman–Crippen MR) is 97.8 cm³/mol. The molecule has 0 saturated heterocycles. The number of anilines is 1. The van der Waals surface area contributed by atoms with Crippen LogP contribution >= 0.6 is 0 Å². The van der Waals surface area contributed by atoms with Gasteiger partial charge < -0.3 is 14.4 Å². The molecule has 9 nitrogen and oxygen atoms in total. The fourth-order valence-corrected chi connectivity index (χ4v) is 3.08. The molecule has 9 heteroatoms. The molecule has 0 unspecified atom stereocenters. The molecule has 1 aliphatic rings. The number of ether oxygens (including phenoxy) is 2. The quantitative estimate of drug-likeness (QED) is 0.789. The van der Waals surface area contributed by atoms with Gasteiger partial charge in [-0.05, 0) is 31.5 Å². The second kappa shape index (κ2) is 8.07. The molecule has 3 rings (SSSR count). The van der Waals surface area contributed by atoms with E-state index in [2.05, 4.69) is 15.4 Å². The van der Waals surface area contributed by atoms with Gasteiger partial charge in [0.25, 0.3) is 5.91 Å². The molecule has 27 heavy (non-hydrogen) atoms. The van der Waals surface area contributed by atoms with Crippen molar-refractivity contribution in [1.82, 2.24) is 19.7 Å². The number of rotatable bonds is 7. The van der Waals surface area contributed by atoms with Crippen molar-refractivity contribution < 1.29 is 19.1 Å². The van der Waals surface area contributed by atoms with Gasteiger partial charge in [0.15, 0.2) is 18.1 Å². The number of amides is 2. The number of benzene rings is 1. The lowest BCUT2D eigenvalue weighted by molar-refractivity contribution is -0.133. The summed E-state index contributed by atoms with van der Waals surface area (Å²) in [6.45, 7) is 5.07. The van der Waals surface area contributed by atoms with Crippen molar-refractivity contribution in [3.05, 3.63) is 30.1 Å². The third-order valence-corrected chi connectivity index (χ3v) is 4.54. The van der Waals surface area contributed by atoms with Gasteiger partial charge in [0.1, 0.15) is 6.33 Å². The number of hydrogen-bond donors (Lipinski definition) is 1. The highest BCUT2D eigenvalue weighted by molar-refractivity contribution is 5.91. The van der Waals surface area contributed by atoms with Gasteiger partial charge in [-0.2, -0.15) is 10.1 Å². The zero-order chi connectivity index (χ0) is 19.4. The number of carbonyl (C=O) groups excluding carboxylic acids is 2. The van der Waals surface area contributed by atoms with Crippen LogP contribution in [0.3, 0.4) is 0 Å². The minimum absolute atomic E-state index is 0.0591. The van der Waals surface area contributed by atoms with Crippen molar-refractivity contribution in [1.29, 1.82) is 0 Å². The lowest BCUT2D eigenvalue weighted by Gasteiger charge is -2.24. The Morgan fingerprint density at radius 2 is 2.11 bits per heavy atom. The number of hydrogen-bond acceptors (Lipinski definition) is 6. The normalized spacial score (nSPS) is 15.7. The Labute approximate surface area is 157 Å². The summed E-state index contributed by atoms with van der Waals surface area (Å²) >= 11 is 0. The van der Waals surface area contributed by atoms with E-state index in [1.807, 2.05) is 19.9 Å². The third kappa shape index (κ3) is 3.86. The molecule has 1 atom stereocenters. The Morgan fingerprint density at radius 3 is 2.81 bits per heavy atom. The van der Waals surface area contributed by atoms with E-state index in [1.54, 1.807) is 21.7 Å². The summed E-state index contributed by atoms with van der Waals surface area (Å²) in [6, 6.07) is 5.10.